The number of aromatic nitrogens is 1. The van der Waals surface area contributed by atoms with E-state index in [1.54, 1.807) is 12.3 Å². The van der Waals surface area contributed by atoms with Gasteiger partial charge in [-0.05, 0) is 19.1 Å². The number of nitrogens with zero attached hydrogens (tertiary/aromatic N) is 3. The second-order valence-corrected chi connectivity index (χ2v) is 4.16. The molecule has 0 bridgehead atoms. The van der Waals surface area contributed by atoms with E-state index in [1.165, 1.54) is 0 Å². The summed E-state index contributed by atoms with van der Waals surface area (Å²) in [5.74, 6) is 0.818. The van der Waals surface area contributed by atoms with Crippen molar-refractivity contribution in [3.8, 4) is 6.07 Å². The highest BCUT2D eigenvalue weighted by Crippen LogP contribution is 2.19. The predicted octanol–water partition coefficient (Wildman–Crippen LogP) is 0.539. The minimum absolute atomic E-state index is 0.0134. The summed E-state index contributed by atoms with van der Waals surface area (Å²) in [7, 11) is 0. The first kappa shape index (κ1) is 11.8. The van der Waals surface area contributed by atoms with Gasteiger partial charge in [-0.3, -0.25) is 0 Å². The van der Waals surface area contributed by atoms with Crippen molar-refractivity contribution in [2.24, 2.45) is 0 Å². The molecule has 2 heterocycles. The van der Waals surface area contributed by atoms with Crippen molar-refractivity contribution >= 4 is 5.82 Å². The third-order valence-corrected chi connectivity index (χ3v) is 2.88. The fourth-order valence-corrected chi connectivity index (χ4v) is 1.87. The van der Waals surface area contributed by atoms with Crippen LogP contribution in [0.3, 0.4) is 0 Å². The molecule has 2 unspecified atom stereocenters. The zero-order valence-electron chi connectivity index (χ0n) is 9.71. The molecule has 1 aromatic heterocycles. The number of ether oxygens (including phenoxy) is 1. The number of aliphatic hydroxyl groups is 1. The Morgan fingerprint density at radius 1 is 1.65 bits per heavy atom. The van der Waals surface area contributed by atoms with Crippen molar-refractivity contribution in [1.82, 2.24) is 4.98 Å². The summed E-state index contributed by atoms with van der Waals surface area (Å²) >= 11 is 0. The Bertz CT molecular complexity index is 413. The Balaban J connectivity index is 2.16. The van der Waals surface area contributed by atoms with Gasteiger partial charge in [0.2, 0.25) is 0 Å². The molecule has 1 aliphatic rings. The third kappa shape index (κ3) is 2.54. The number of anilines is 1. The standard InChI is InChI=1S/C12H15N3O2/c1-9-8-17-11(7-16)6-15(9)12-3-2-10(4-13)5-14-12/h2-3,5,9,11,16H,6-8H2,1H3. The normalized spacial score (nSPS) is 24.4. The van der Waals surface area contributed by atoms with Gasteiger partial charge in [-0.15, -0.1) is 0 Å². The SMILES string of the molecule is CC1COC(CO)CN1c1ccc(C#N)cn1. The van der Waals surface area contributed by atoms with Crippen LogP contribution in [0.1, 0.15) is 12.5 Å². The topological polar surface area (TPSA) is 69.4 Å². The summed E-state index contributed by atoms with van der Waals surface area (Å²) in [6.07, 6.45) is 1.40. The molecule has 2 atom stereocenters. The lowest BCUT2D eigenvalue weighted by molar-refractivity contribution is -0.0105. The van der Waals surface area contributed by atoms with E-state index in [9.17, 15) is 0 Å². The van der Waals surface area contributed by atoms with Crippen molar-refractivity contribution in [2.75, 3.05) is 24.7 Å². The number of aliphatic hydroxyl groups excluding tert-OH is 1. The molecule has 0 saturated carbocycles. The van der Waals surface area contributed by atoms with Gasteiger partial charge in [0.25, 0.3) is 0 Å². The maximum absolute atomic E-state index is 9.11. The van der Waals surface area contributed by atoms with Crippen molar-refractivity contribution in [2.45, 2.75) is 19.1 Å². The maximum Gasteiger partial charge on any atom is 0.128 e. The average molecular weight is 233 g/mol. The van der Waals surface area contributed by atoms with Crippen LogP contribution in [0.4, 0.5) is 5.82 Å². The van der Waals surface area contributed by atoms with Gasteiger partial charge in [0, 0.05) is 12.7 Å². The Morgan fingerprint density at radius 2 is 2.47 bits per heavy atom. The fourth-order valence-electron chi connectivity index (χ4n) is 1.87. The second kappa shape index (κ2) is 5.13. The van der Waals surface area contributed by atoms with Gasteiger partial charge < -0.3 is 14.7 Å². The van der Waals surface area contributed by atoms with E-state index in [2.05, 4.69) is 9.88 Å². The summed E-state index contributed by atoms with van der Waals surface area (Å²) in [6, 6.07) is 5.84. The molecule has 17 heavy (non-hydrogen) atoms. The Morgan fingerprint density at radius 3 is 3.06 bits per heavy atom. The molecule has 1 saturated heterocycles. The van der Waals surface area contributed by atoms with Gasteiger partial charge in [-0.2, -0.15) is 5.26 Å². The van der Waals surface area contributed by atoms with Gasteiger partial charge in [-0.1, -0.05) is 0 Å². The number of nitriles is 1. The van der Waals surface area contributed by atoms with Crippen LogP contribution < -0.4 is 4.90 Å². The molecular weight excluding hydrogens is 218 g/mol. The molecule has 5 heteroatoms. The molecule has 2 rings (SSSR count). The first-order valence-electron chi connectivity index (χ1n) is 5.60. The zero-order chi connectivity index (χ0) is 12.3. The van der Waals surface area contributed by atoms with Crippen LogP contribution >= 0.6 is 0 Å². The third-order valence-electron chi connectivity index (χ3n) is 2.88. The number of hydrogen-bond donors (Lipinski definition) is 1. The molecule has 0 aliphatic carbocycles. The zero-order valence-corrected chi connectivity index (χ0v) is 9.71. The van der Waals surface area contributed by atoms with Crippen LogP contribution in [0.2, 0.25) is 0 Å². The Hall–Kier alpha value is -1.64. The highest BCUT2D eigenvalue weighted by Gasteiger charge is 2.26. The van der Waals surface area contributed by atoms with Crippen LogP contribution in [-0.4, -0.2) is 42.0 Å². The summed E-state index contributed by atoms with van der Waals surface area (Å²) < 4.78 is 5.46. The maximum atomic E-state index is 9.11. The van der Waals surface area contributed by atoms with Gasteiger partial charge in [0.05, 0.1) is 30.9 Å². The fraction of sp³-hybridized carbons (Fsp3) is 0.500. The second-order valence-electron chi connectivity index (χ2n) is 4.16. The lowest BCUT2D eigenvalue weighted by Gasteiger charge is -2.38. The summed E-state index contributed by atoms with van der Waals surface area (Å²) in [5.41, 5.74) is 0.549. The van der Waals surface area contributed by atoms with Crippen LogP contribution in [0.5, 0.6) is 0 Å². The van der Waals surface area contributed by atoms with E-state index < -0.39 is 0 Å². The molecule has 1 fully saturated rings. The molecular formula is C12H15N3O2. The van der Waals surface area contributed by atoms with Gasteiger partial charge >= 0.3 is 0 Å². The van der Waals surface area contributed by atoms with E-state index in [0.717, 1.165) is 5.82 Å². The smallest absolute Gasteiger partial charge is 0.128 e. The van der Waals surface area contributed by atoms with Crippen LogP contribution in [-0.2, 0) is 4.74 Å². The summed E-state index contributed by atoms with van der Waals surface area (Å²) in [4.78, 5) is 6.35. The first-order valence-corrected chi connectivity index (χ1v) is 5.60. The van der Waals surface area contributed by atoms with Crippen LogP contribution in [0.25, 0.3) is 0 Å². The Kier molecular flexibility index (Phi) is 3.57. The lowest BCUT2D eigenvalue weighted by atomic mass is 10.2. The minimum atomic E-state index is -0.163. The molecule has 1 N–H and O–H groups in total. The van der Waals surface area contributed by atoms with Crippen molar-refractivity contribution < 1.29 is 9.84 Å². The molecule has 1 aromatic rings. The van der Waals surface area contributed by atoms with E-state index in [-0.39, 0.29) is 18.8 Å². The van der Waals surface area contributed by atoms with Gasteiger partial charge in [0.1, 0.15) is 11.9 Å². The van der Waals surface area contributed by atoms with E-state index in [4.69, 9.17) is 15.1 Å². The van der Waals surface area contributed by atoms with Crippen LogP contribution in [0, 0.1) is 11.3 Å². The summed E-state index contributed by atoms with van der Waals surface area (Å²) in [6.45, 7) is 3.26. The number of pyridine rings is 1. The van der Waals surface area contributed by atoms with Crippen molar-refractivity contribution in [3.63, 3.8) is 0 Å². The molecule has 90 valence electrons. The minimum Gasteiger partial charge on any atom is -0.394 e. The molecule has 1 aliphatic heterocycles. The Labute approximate surface area is 100 Å². The average Bonchev–Trinajstić information content (AvgIpc) is 2.39. The van der Waals surface area contributed by atoms with E-state index in [1.807, 2.05) is 19.1 Å². The van der Waals surface area contributed by atoms with E-state index in [0.29, 0.717) is 18.7 Å². The molecule has 0 amide bonds. The number of hydrogen-bond acceptors (Lipinski definition) is 5. The predicted molar refractivity (Wildman–Crippen MR) is 62.6 cm³/mol. The van der Waals surface area contributed by atoms with Crippen molar-refractivity contribution in [3.05, 3.63) is 23.9 Å². The van der Waals surface area contributed by atoms with Gasteiger partial charge in [-0.25, -0.2) is 4.98 Å². The number of morpholine rings is 1. The molecule has 0 aromatic carbocycles. The largest absolute Gasteiger partial charge is 0.394 e. The van der Waals surface area contributed by atoms with Crippen LogP contribution in [0.15, 0.2) is 18.3 Å². The molecule has 0 radical (unpaired) electrons. The first-order chi connectivity index (χ1) is 8.24. The summed E-state index contributed by atoms with van der Waals surface area (Å²) in [5, 5.41) is 17.8. The van der Waals surface area contributed by atoms with Gasteiger partial charge in [0.15, 0.2) is 0 Å². The monoisotopic (exact) mass is 233 g/mol. The molecule has 5 nitrogen and oxygen atoms in total. The lowest BCUT2D eigenvalue weighted by Crippen LogP contribution is -2.49. The van der Waals surface area contributed by atoms with Crippen molar-refractivity contribution in [1.29, 1.82) is 5.26 Å². The highest BCUT2D eigenvalue weighted by atomic mass is 16.5. The highest BCUT2D eigenvalue weighted by molar-refractivity contribution is 5.43. The number of rotatable bonds is 2. The quantitative estimate of drug-likeness (QED) is 0.807. The molecule has 0 spiro atoms. The van der Waals surface area contributed by atoms with E-state index >= 15 is 0 Å².